The summed E-state index contributed by atoms with van der Waals surface area (Å²) in [6.45, 7) is 2.74. The van der Waals surface area contributed by atoms with Crippen molar-refractivity contribution in [3.05, 3.63) is 63.5 Å². The first-order chi connectivity index (χ1) is 10.2. The second kappa shape index (κ2) is 8.04. The lowest BCUT2D eigenvalue weighted by atomic mass is 10.1. The molecule has 0 atom stereocenters. The molecule has 0 aliphatic carbocycles. The van der Waals surface area contributed by atoms with Crippen LogP contribution in [0.3, 0.4) is 0 Å². The van der Waals surface area contributed by atoms with Crippen molar-refractivity contribution in [2.24, 2.45) is 5.10 Å². The van der Waals surface area contributed by atoms with E-state index in [0.29, 0.717) is 5.11 Å². The summed E-state index contributed by atoms with van der Waals surface area (Å²) in [6, 6.07) is 13.9. The highest BCUT2D eigenvalue weighted by Gasteiger charge is 2.08. The summed E-state index contributed by atoms with van der Waals surface area (Å²) in [5.41, 5.74) is 5.40. The predicted molar refractivity (Wildman–Crippen MR) is 98.4 cm³/mol. The topological polar surface area (TPSA) is 49.3 Å². The van der Waals surface area contributed by atoms with Gasteiger partial charge in [0.15, 0.2) is 5.11 Å². The van der Waals surface area contributed by atoms with Gasteiger partial charge in [-0.15, -0.1) is 0 Å². The zero-order chi connectivity index (χ0) is 15.1. The van der Waals surface area contributed by atoms with Crippen molar-refractivity contribution in [1.29, 1.82) is 0 Å². The summed E-state index contributed by atoms with van der Waals surface area (Å²) in [4.78, 5) is 4.37. The van der Waals surface area contributed by atoms with Crippen molar-refractivity contribution in [1.82, 2.24) is 15.7 Å². The van der Waals surface area contributed by atoms with Gasteiger partial charge in [0.1, 0.15) is 5.71 Å². The summed E-state index contributed by atoms with van der Waals surface area (Å²) < 4.78 is 1.17. The third kappa shape index (κ3) is 4.75. The molecule has 6 heteroatoms. The van der Waals surface area contributed by atoms with Crippen molar-refractivity contribution in [3.63, 3.8) is 0 Å². The van der Waals surface area contributed by atoms with Gasteiger partial charge in [-0.2, -0.15) is 5.10 Å². The standard InChI is InChI=1S/C15H15IN4S/c1-2-17-15(21)20-19-14(13-5-3-4-10-18-13)11-6-8-12(16)9-7-11/h3-10H,2H2,1H3,(H2,17,20,21)/b19-14+. The molecular weight excluding hydrogens is 395 g/mol. The minimum Gasteiger partial charge on any atom is -0.362 e. The first kappa shape index (κ1) is 15.8. The molecule has 0 aliphatic heterocycles. The number of hydrazone groups is 1. The molecule has 0 saturated heterocycles. The van der Waals surface area contributed by atoms with E-state index in [-0.39, 0.29) is 0 Å². The largest absolute Gasteiger partial charge is 0.362 e. The van der Waals surface area contributed by atoms with Crippen LogP contribution in [0, 0.1) is 3.57 Å². The lowest BCUT2D eigenvalue weighted by Crippen LogP contribution is -2.32. The Balaban J connectivity index is 2.33. The van der Waals surface area contributed by atoms with Gasteiger partial charge in [0.25, 0.3) is 0 Å². The Kier molecular flexibility index (Phi) is 6.06. The minimum absolute atomic E-state index is 0.497. The number of halogens is 1. The van der Waals surface area contributed by atoms with Gasteiger partial charge in [-0.05, 0) is 66.0 Å². The number of nitrogens with zero attached hydrogens (tertiary/aromatic N) is 2. The molecule has 0 fully saturated rings. The van der Waals surface area contributed by atoms with E-state index in [1.165, 1.54) is 3.57 Å². The predicted octanol–water partition coefficient (Wildman–Crippen LogP) is 2.92. The van der Waals surface area contributed by atoms with Crippen molar-refractivity contribution in [3.8, 4) is 0 Å². The van der Waals surface area contributed by atoms with E-state index in [0.717, 1.165) is 23.5 Å². The van der Waals surface area contributed by atoms with E-state index >= 15 is 0 Å². The second-order valence-electron chi connectivity index (χ2n) is 4.15. The number of hydrogen-bond donors (Lipinski definition) is 2. The average molecular weight is 410 g/mol. The van der Waals surface area contributed by atoms with Crippen LogP contribution in [0.2, 0.25) is 0 Å². The average Bonchev–Trinajstić information content (AvgIpc) is 2.50. The van der Waals surface area contributed by atoms with Crippen molar-refractivity contribution in [2.45, 2.75) is 6.92 Å². The van der Waals surface area contributed by atoms with E-state index in [9.17, 15) is 0 Å². The van der Waals surface area contributed by atoms with Gasteiger partial charge < -0.3 is 5.32 Å². The number of aromatic nitrogens is 1. The molecule has 0 spiro atoms. The Hall–Kier alpha value is -1.54. The molecule has 0 amide bonds. The summed E-state index contributed by atoms with van der Waals surface area (Å²) in [5.74, 6) is 0. The van der Waals surface area contributed by atoms with Gasteiger partial charge in [-0.25, -0.2) is 0 Å². The zero-order valence-corrected chi connectivity index (χ0v) is 14.5. The highest BCUT2D eigenvalue weighted by atomic mass is 127. The third-order valence-corrected chi connectivity index (χ3v) is 3.59. The quantitative estimate of drug-likeness (QED) is 0.352. The third-order valence-electron chi connectivity index (χ3n) is 2.63. The Morgan fingerprint density at radius 2 is 2.00 bits per heavy atom. The molecule has 0 aliphatic rings. The zero-order valence-electron chi connectivity index (χ0n) is 11.5. The SMILES string of the molecule is CCNC(=S)N/N=C(\c1ccc(I)cc1)c1ccccn1. The van der Waals surface area contributed by atoms with Crippen molar-refractivity contribution in [2.75, 3.05) is 6.54 Å². The maximum absolute atomic E-state index is 5.14. The van der Waals surface area contributed by atoms with Gasteiger partial charge in [0, 0.05) is 21.9 Å². The molecule has 1 aromatic heterocycles. The van der Waals surface area contributed by atoms with Gasteiger partial charge in [0.2, 0.25) is 0 Å². The van der Waals surface area contributed by atoms with Crippen LogP contribution < -0.4 is 10.7 Å². The summed E-state index contributed by atoms with van der Waals surface area (Å²) in [6.07, 6.45) is 1.75. The molecule has 0 unspecified atom stereocenters. The molecule has 1 aromatic carbocycles. The van der Waals surface area contributed by atoms with E-state index in [1.807, 2.05) is 49.4 Å². The Bertz CT molecular complexity index is 626. The summed E-state index contributed by atoms with van der Waals surface area (Å²) >= 11 is 7.42. The molecule has 0 saturated carbocycles. The number of nitrogens with one attached hydrogen (secondary N) is 2. The van der Waals surface area contributed by atoms with Crippen LogP contribution in [-0.2, 0) is 0 Å². The first-order valence-corrected chi connectivity index (χ1v) is 7.98. The van der Waals surface area contributed by atoms with Crippen molar-refractivity contribution >= 4 is 45.6 Å². The summed E-state index contributed by atoms with van der Waals surface area (Å²) in [7, 11) is 0. The van der Waals surface area contributed by atoms with Gasteiger partial charge in [-0.1, -0.05) is 18.2 Å². The fourth-order valence-corrected chi connectivity index (χ4v) is 2.24. The number of thiocarbonyl (C=S) groups is 1. The van der Waals surface area contributed by atoms with Gasteiger partial charge >= 0.3 is 0 Å². The van der Waals surface area contributed by atoms with Gasteiger partial charge in [-0.3, -0.25) is 10.4 Å². The van der Waals surface area contributed by atoms with E-state index in [2.05, 4.69) is 43.4 Å². The Labute approximate surface area is 143 Å². The Morgan fingerprint density at radius 3 is 2.62 bits per heavy atom. The van der Waals surface area contributed by atoms with Crippen LogP contribution in [0.15, 0.2) is 53.8 Å². The van der Waals surface area contributed by atoms with E-state index in [1.54, 1.807) is 6.20 Å². The van der Waals surface area contributed by atoms with Crippen molar-refractivity contribution < 1.29 is 0 Å². The molecule has 2 aromatic rings. The van der Waals surface area contributed by atoms with Crippen LogP contribution in [0.4, 0.5) is 0 Å². The molecule has 108 valence electrons. The number of rotatable bonds is 4. The molecule has 2 rings (SSSR count). The lowest BCUT2D eigenvalue weighted by Gasteiger charge is -2.09. The van der Waals surface area contributed by atoms with Gasteiger partial charge in [0.05, 0.1) is 5.69 Å². The normalized spacial score (nSPS) is 11.0. The summed E-state index contributed by atoms with van der Waals surface area (Å²) in [5, 5.41) is 7.91. The number of benzene rings is 1. The molecule has 2 N–H and O–H groups in total. The van der Waals surface area contributed by atoms with Crippen LogP contribution in [0.1, 0.15) is 18.2 Å². The van der Waals surface area contributed by atoms with E-state index in [4.69, 9.17) is 12.2 Å². The molecule has 1 heterocycles. The van der Waals surface area contributed by atoms with Crippen LogP contribution in [0.5, 0.6) is 0 Å². The highest BCUT2D eigenvalue weighted by molar-refractivity contribution is 14.1. The lowest BCUT2D eigenvalue weighted by molar-refractivity contribution is 0.901. The fraction of sp³-hybridized carbons (Fsp3) is 0.133. The first-order valence-electron chi connectivity index (χ1n) is 6.49. The maximum atomic E-state index is 5.14. The van der Waals surface area contributed by atoms with Crippen LogP contribution >= 0.6 is 34.8 Å². The molecule has 21 heavy (non-hydrogen) atoms. The smallest absolute Gasteiger partial charge is 0.186 e. The monoisotopic (exact) mass is 410 g/mol. The fourth-order valence-electron chi connectivity index (χ4n) is 1.69. The molecular formula is C15H15IN4S. The maximum Gasteiger partial charge on any atom is 0.186 e. The van der Waals surface area contributed by atoms with Crippen LogP contribution in [-0.4, -0.2) is 22.4 Å². The molecule has 0 radical (unpaired) electrons. The number of hydrogen-bond acceptors (Lipinski definition) is 3. The number of pyridine rings is 1. The highest BCUT2D eigenvalue weighted by Crippen LogP contribution is 2.11. The second-order valence-corrected chi connectivity index (χ2v) is 5.81. The van der Waals surface area contributed by atoms with Crippen LogP contribution in [0.25, 0.3) is 0 Å². The molecule has 0 bridgehead atoms. The minimum atomic E-state index is 0.497. The Morgan fingerprint density at radius 1 is 1.24 bits per heavy atom. The van der Waals surface area contributed by atoms with E-state index < -0.39 is 0 Å². The molecule has 4 nitrogen and oxygen atoms in total.